The van der Waals surface area contributed by atoms with E-state index in [1.165, 1.54) is 26.1 Å². The lowest BCUT2D eigenvalue weighted by molar-refractivity contribution is 0.231. The third-order valence-electron chi connectivity index (χ3n) is 4.77. The number of benzene rings is 1. The molecular formula is C16H22Cl2N2S. The van der Waals surface area contributed by atoms with Crippen LogP contribution in [0.25, 0.3) is 0 Å². The minimum Gasteiger partial charge on any atom is -0.316 e. The monoisotopic (exact) mass is 344 g/mol. The molecule has 0 bridgehead atoms. The summed E-state index contributed by atoms with van der Waals surface area (Å²) in [7, 11) is 0. The van der Waals surface area contributed by atoms with Gasteiger partial charge in [0, 0.05) is 34.8 Å². The van der Waals surface area contributed by atoms with Gasteiger partial charge in [-0.2, -0.15) is 0 Å². The highest BCUT2D eigenvalue weighted by Gasteiger charge is 2.42. The number of nitrogens with one attached hydrogen (secondary N) is 1. The number of nitrogens with zero attached hydrogens (tertiary/aromatic N) is 1. The van der Waals surface area contributed by atoms with E-state index >= 15 is 0 Å². The largest absolute Gasteiger partial charge is 0.316 e. The van der Waals surface area contributed by atoms with E-state index in [1.807, 2.05) is 30.0 Å². The Hall–Kier alpha value is 0.0700. The number of rotatable bonds is 5. The van der Waals surface area contributed by atoms with Crippen molar-refractivity contribution in [1.82, 2.24) is 10.2 Å². The number of halogens is 2. The standard InChI is InChI=1S/C16H22Cl2N2S/c1-2-15-13-9-19-8-11(13)10-20(15)5-6-21-16-7-12(17)3-4-14(16)18/h3-4,7,11,13,15,19H,2,5-6,8-10H2,1H3. The Labute approximate surface area is 141 Å². The highest BCUT2D eigenvalue weighted by molar-refractivity contribution is 7.99. The lowest BCUT2D eigenvalue weighted by Crippen LogP contribution is -2.36. The van der Waals surface area contributed by atoms with E-state index in [0.717, 1.165) is 45.1 Å². The maximum absolute atomic E-state index is 6.22. The molecule has 5 heteroatoms. The molecule has 116 valence electrons. The summed E-state index contributed by atoms with van der Waals surface area (Å²) in [5.74, 6) is 2.79. The van der Waals surface area contributed by atoms with E-state index in [0.29, 0.717) is 0 Å². The Bertz CT molecular complexity index is 497. The maximum Gasteiger partial charge on any atom is 0.0542 e. The van der Waals surface area contributed by atoms with Crippen molar-refractivity contribution in [2.24, 2.45) is 11.8 Å². The fourth-order valence-electron chi connectivity index (χ4n) is 3.79. The Morgan fingerprint density at radius 3 is 3.00 bits per heavy atom. The van der Waals surface area contributed by atoms with E-state index < -0.39 is 0 Å². The summed E-state index contributed by atoms with van der Waals surface area (Å²) in [6.45, 7) is 7.11. The molecule has 1 N–H and O–H groups in total. The van der Waals surface area contributed by atoms with Crippen LogP contribution in [0.2, 0.25) is 10.0 Å². The number of likely N-dealkylation sites (tertiary alicyclic amines) is 1. The van der Waals surface area contributed by atoms with Gasteiger partial charge >= 0.3 is 0 Å². The highest BCUT2D eigenvalue weighted by Crippen LogP contribution is 2.35. The van der Waals surface area contributed by atoms with Gasteiger partial charge in [0.25, 0.3) is 0 Å². The predicted octanol–water partition coefficient (Wildman–Crippen LogP) is 4.02. The van der Waals surface area contributed by atoms with Crippen LogP contribution in [0.5, 0.6) is 0 Å². The Morgan fingerprint density at radius 1 is 1.33 bits per heavy atom. The molecule has 2 nitrogen and oxygen atoms in total. The smallest absolute Gasteiger partial charge is 0.0542 e. The zero-order valence-corrected chi connectivity index (χ0v) is 14.6. The van der Waals surface area contributed by atoms with Gasteiger partial charge in [-0.15, -0.1) is 11.8 Å². The summed E-state index contributed by atoms with van der Waals surface area (Å²) in [5.41, 5.74) is 0. The lowest BCUT2D eigenvalue weighted by Gasteiger charge is -2.26. The van der Waals surface area contributed by atoms with E-state index in [9.17, 15) is 0 Å². The molecule has 0 saturated carbocycles. The average molecular weight is 345 g/mol. The van der Waals surface area contributed by atoms with Crippen LogP contribution in [-0.4, -0.2) is 42.9 Å². The van der Waals surface area contributed by atoms with Gasteiger partial charge in [-0.25, -0.2) is 0 Å². The molecule has 0 aliphatic carbocycles. The Balaban J connectivity index is 1.54. The Kier molecular flexibility index (Phi) is 5.39. The fourth-order valence-corrected chi connectivity index (χ4v) is 5.27. The first kappa shape index (κ1) is 15.9. The van der Waals surface area contributed by atoms with Crippen molar-refractivity contribution in [3.8, 4) is 0 Å². The van der Waals surface area contributed by atoms with Crippen molar-refractivity contribution in [2.45, 2.75) is 24.3 Å². The summed E-state index contributed by atoms with van der Waals surface area (Å²) in [6, 6.07) is 6.44. The van der Waals surface area contributed by atoms with Crippen molar-refractivity contribution >= 4 is 35.0 Å². The summed E-state index contributed by atoms with van der Waals surface area (Å²) >= 11 is 14.1. The first-order valence-electron chi connectivity index (χ1n) is 7.71. The second kappa shape index (κ2) is 7.10. The number of hydrogen-bond acceptors (Lipinski definition) is 3. The van der Waals surface area contributed by atoms with Crippen molar-refractivity contribution in [2.75, 3.05) is 31.9 Å². The molecule has 2 saturated heterocycles. The van der Waals surface area contributed by atoms with Gasteiger partial charge in [0.2, 0.25) is 0 Å². The van der Waals surface area contributed by atoms with Gasteiger partial charge < -0.3 is 5.32 Å². The van der Waals surface area contributed by atoms with Gasteiger partial charge in [-0.1, -0.05) is 30.1 Å². The van der Waals surface area contributed by atoms with Crippen molar-refractivity contribution < 1.29 is 0 Å². The van der Waals surface area contributed by atoms with Crippen LogP contribution < -0.4 is 5.32 Å². The van der Waals surface area contributed by atoms with E-state index in [1.54, 1.807) is 0 Å². The molecular weight excluding hydrogens is 323 g/mol. The van der Waals surface area contributed by atoms with Crippen LogP contribution in [0, 0.1) is 11.8 Å². The van der Waals surface area contributed by atoms with Crippen LogP contribution in [0.4, 0.5) is 0 Å². The first-order chi connectivity index (χ1) is 10.2. The topological polar surface area (TPSA) is 15.3 Å². The van der Waals surface area contributed by atoms with Gasteiger partial charge in [0.15, 0.2) is 0 Å². The normalized spacial score (nSPS) is 29.0. The van der Waals surface area contributed by atoms with E-state index in [4.69, 9.17) is 23.2 Å². The molecule has 2 aliphatic rings. The minimum absolute atomic E-state index is 0.750. The third kappa shape index (κ3) is 3.53. The van der Waals surface area contributed by atoms with Gasteiger partial charge in [-0.3, -0.25) is 4.90 Å². The van der Waals surface area contributed by atoms with Gasteiger partial charge in [0.05, 0.1) is 5.02 Å². The molecule has 0 aromatic heterocycles. The summed E-state index contributed by atoms with van der Waals surface area (Å²) < 4.78 is 0. The predicted molar refractivity (Wildman–Crippen MR) is 92.7 cm³/mol. The molecule has 2 heterocycles. The van der Waals surface area contributed by atoms with Crippen molar-refractivity contribution in [3.05, 3.63) is 28.2 Å². The van der Waals surface area contributed by atoms with Gasteiger partial charge in [0.1, 0.15) is 0 Å². The quantitative estimate of drug-likeness (QED) is 0.812. The summed E-state index contributed by atoms with van der Waals surface area (Å²) in [4.78, 5) is 3.78. The molecule has 0 spiro atoms. The molecule has 3 atom stereocenters. The summed E-state index contributed by atoms with van der Waals surface area (Å²) in [6.07, 6.45) is 1.26. The Morgan fingerprint density at radius 2 is 2.19 bits per heavy atom. The zero-order chi connectivity index (χ0) is 14.8. The van der Waals surface area contributed by atoms with Crippen LogP contribution >= 0.6 is 35.0 Å². The number of fused-ring (bicyclic) bond motifs is 1. The third-order valence-corrected chi connectivity index (χ3v) is 6.48. The molecule has 2 fully saturated rings. The average Bonchev–Trinajstić information content (AvgIpc) is 3.03. The molecule has 1 aromatic carbocycles. The van der Waals surface area contributed by atoms with Crippen LogP contribution in [0.1, 0.15) is 13.3 Å². The van der Waals surface area contributed by atoms with Crippen LogP contribution in [-0.2, 0) is 0 Å². The number of hydrogen-bond donors (Lipinski definition) is 1. The first-order valence-corrected chi connectivity index (χ1v) is 9.45. The van der Waals surface area contributed by atoms with E-state index in [-0.39, 0.29) is 0 Å². The molecule has 2 aliphatic heterocycles. The van der Waals surface area contributed by atoms with Crippen LogP contribution in [0.3, 0.4) is 0 Å². The second-order valence-electron chi connectivity index (χ2n) is 5.98. The minimum atomic E-state index is 0.750. The second-order valence-corrected chi connectivity index (χ2v) is 7.96. The molecule has 0 amide bonds. The molecule has 1 aromatic rings. The van der Waals surface area contributed by atoms with Gasteiger partial charge in [-0.05, 0) is 49.5 Å². The van der Waals surface area contributed by atoms with Crippen molar-refractivity contribution in [1.29, 1.82) is 0 Å². The van der Waals surface area contributed by atoms with Crippen molar-refractivity contribution in [3.63, 3.8) is 0 Å². The zero-order valence-electron chi connectivity index (χ0n) is 12.3. The maximum atomic E-state index is 6.22. The van der Waals surface area contributed by atoms with Crippen LogP contribution in [0.15, 0.2) is 23.1 Å². The number of thioether (sulfide) groups is 1. The fraction of sp³-hybridized carbons (Fsp3) is 0.625. The highest BCUT2D eigenvalue weighted by atomic mass is 35.5. The molecule has 3 unspecified atom stereocenters. The molecule has 0 radical (unpaired) electrons. The lowest BCUT2D eigenvalue weighted by atomic mass is 9.93. The van der Waals surface area contributed by atoms with E-state index in [2.05, 4.69) is 17.1 Å². The SMILES string of the molecule is CCC1C2CNCC2CN1CCSc1cc(Cl)ccc1Cl. The molecule has 3 rings (SSSR count). The molecule has 21 heavy (non-hydrogen) atoms. The summed E-state index contributed by atoms with van der Waals surface area (Å²) in [5, 5.41) is 5.10.